The van der Waals surface area contributed by atoms with Gasteiger partial charge >= 0.3 is 0 Å². The number of hydrogen-bond donors (Lipinski definition) is 0. The molecule has 4 nitrogen and oxygen atoms in total. The molecule has 0 bridgehead atoms. The molecule has 0 amide bonds. The fourth-order valence-electron chi connectivity index (χ4n) is 7.25. The summed E-state index contributed by atoms with van der Waals surface area (Å²) in [4.78, 5) is 0. The Morgan fingerprint density at radius 1 is 0.378 bits per heavy atom. The van der Waals surface area contributed by atoms with Gasteiger partial charge in [0.05, 0.1) is 38.8 Å². The van der Waals surface area contributed by atoms with E-state index in [0.29, 0.717) is 0 Å². The Bertz CT molecular complexity index is 2540. The number of aromatic nitrogens is 4. The van der Waals surface area contributed by atoms with Gasteiger partial charge in [0.2, 0.25) is 0 Å². The van der Waals surface area contributed by atoms with Gasteiger partial charge in [0.15, 0.2) is 0 Å². The van der Waals surface area contributed by atoms with Crippen LogP contribution >= 0.6 is 0 Å². The van der Waals surface area contributed by atoms with E-state index >= 15 is 0 Å². The van der Waals surface area contributed by atoms with Crippen LogP contribution in [0.4, 0.5) is 0 Å². The topological polar surface area (TPSA) is 27.2 Å². The maximum atomic E-state index is 5.20. The van der Waals surface area contributed by atoms with Gasteiger partial charge in [-0.05, 0) is 60.7 Å². The molecule has 4 aromatic heterocycles. The molecule has 6 aromatic carbocycles. The highest BCUT2D eigenvalue weighted by Gasteiger charge is 2.18. The van der Waals surface area contributed by atoms with Crippen LogP contribution in [0.15, 0.2) is 158 Å². The molecule has 45 heavy (non-hydrogen) atoms. The van der Waals surface area contributed by atoms with Crippen molar-refractivity contribution in [3.05, 3.63) is 158 Å². The molecular weight excluding hydrogens is 548 g/mol. The molecule has 0 saturated heterocycles. The number of hydrogen-bond acceptors (Lipinski definition) is 1. The quantitative estimate of drug-likeness (QED) is 0.206. The number of benzene rings is 6. The lowest BCUT2D eigenvalue weighted by molar-refractivity contribution is 1.01. The Labute approximate surface area is 258 Å². The Morgan fingerprint density at radius 3 is 1.33 bits per heavy atom. The molecule has 0 aliphatic rings. The Kier molecular flexibility index (Phi) is 4.96. The van der Waals surface area contributed by atoms with Crippen LogP contribution in [0, 0.1) is 0 Å². The van der Waals surface area contributed by atoms with Crippen molar-refractivity contribution in [2.24, 2.45) is 0 Å². The SMILES string of the molecule is c1ccc2c(c1)ccc1cc(-c3cc(-n4c5ccccc5c5ccccc54)cc(-n4c5ccccc5c5ccccc54)c3)nn12. The lowest BCUT2D eigenvalue weighted by Gasteiger charge is -2.15. The van der Waals surface area contributed by atoms with Crippen LogP contribution in [0.5, 0.6) is 0 Å². The van der Waals surface area contributed by atoms with Crippen LogP contribution in [0.25, 0.3) is 82.7 Å². The van der Waals surface area contributed by atoms with E-state index in [1.54, 1.807) is 0 Å². The summed E-state index contributed by atoms with van der Waals surface area (Å²) in [7, 11) is 0. The molecule has 0 fully saturated rings. The Morgan fingerprint density at radius 2 is 0.822 bits per heavy atom. The first kappa shape index (κ1) is 24.3. The highest BCUT2D eigenvalue weighted by molar-refractivity contribution is 6.10. The normalized spacial score (nSPS) is 12.0. The van der Waals surface area contributed by atoms with Gasteiger partial charge in [0.25, 0.3) is 0 Å². The zero-order chi connectivity index (χ0) is 29.5. The third kappa shape index (κ3) is 3.51. The van der Waals surface area contributed by atoms with Crippen molar-refractivity contribution in [1.82, 2.24) is 18.7 Å². The number of nitrogens with zero attached hydrogens (tertiary/aromatic N) is 4. The van der Waals surface area contributed by atoms with Gasteiger partial charge in [-0.15, -0.1) is 0 Å². The lowest BCUT2D eigenvalue weighted by atomic mass is 10.1. The zero-order valence-corrected chi connectivity index (χ0v) is 24.3. The average molecular weight is 575 g/mol. The summed E-state index contributed by atoms with van der Waals surface area (Å²) >= 11 is 0. The van der Waals surface area contributed by atoms with Crippen molar-refractivity contribution >= 4 is 60.0 Å². The van der Waals surface area contributed by atoms with E-state index in [4.69, 9.17) is 5.10 Å². The number of fused-ring (bicyclic) bond motifs is 9. The lowest BCUT2D eigenvalue weighted by Crippen LogP contribution is -2.00. The van der Waals surface area contributed by atoms with Gasteiger partial charge in [-0.1, -0.05) is 97.1 Å². The molecular formula is C41H26N4. The van der Waals surface area contributed by atoms with Crippen molar-refractivity contribution in [2.75, 3.05) is 0 Å². The molecule has 0 aliphatic carbocycles. The molecule has 0 unspecified atom stereocenters. The summed E-state index contributed by atoms with van der Waals surface area (Å²) < 4.78 is 6.87. The number of rotatable bonds is 3. The molecule has 0 radical (unpaired) electrons. The molecule has 4 heterocycles. The van der Waals surface area contributed by atoms with Gasteiger partial charge in [0.1, 0.15) is 0 Å². The van der Waals surface area contributed by atoms with Gasteiger partial charge in [-0.25, -0.2) is 4.52 Å². The largest absolute Gasteiger partial charge is 0.309 e. The minimum Gasteiger partial charge on any atom is -0.309 e. The van der Waals surface area contributed by atoms with E-state index in [1.165, 1.54) is 49.0 Å². The molecule has 10 aromatic rings. The van der Waals surface area contributed by atoms with Crippen molar-refractivity contribution in [2.45, 2.75) is 0 Å². The van der Waals surface area contributed by atoms with Crippen LogP contribution in [0.2, 0.25) is 0 Å². The van der Waals surface area contributed by atoms with Crippen molar-refractivity contribution in [3.8, 4) is 22.6 Å². The molecule has 4 heteroatoms. The summed E-state index contributed by atoms with van der Waals surface area (Å²) in [6.45, 7) is 0. The molecule has 10 rings (SSSR count). The third-order valence-electron chi connectivity index (χ3n) is 9.21. The van der Waals surface area contributed by atoms with Gasteiger partial charge in [0, 0.05) is 43.9 Å². The van der Waals surface area contributed by atoms with Crippen molar-refractivity contribution < 1.29 is 0 Å². The summed E-state index contributed by atoms with van der Waals surface area (Å²) in [6, 6.07) is 56.6. The second-order valence-electron chi connectivity index (χ2n) is 11.7. The first-order valence-corrected chi connectivity index (χ1v) is 15.3. The summed E-state index contributed by atoms with van der Waals surface area (Å²) in [6.07, 6.45) is 0. The van der Waals surface area contributed by atoms with E-state index in [9.17, 15) is 0 Å². The second kappa shape index (κ2) is 9.18. The summed E-state index contributed by atoms with van der Waals surface area (Å²) in [5.41, 5.74) is 11.1. The molecule has 0 aliphatic heterocycles. The van der Waals surface area contributed by atoms with E-state index in [2.05, 4.69) is 171 Å². The van der Waals surface area contributed by atoms with Gasteiger partial charge < -0.3 is 9.13 Å². The predicted octanol–water partition coefficient (Wildman–Crippen LogP) is 10.3. The van der Waals surface area contributed by atoms with E-state index in [-0.39, 0.29) is 0 Å². The monoisotopic (exact) mass is 574 g/mol. The number of para-hydroxylation sites is 5. The molecule has 210 valence electrons. The number of pyridine rings is 1. The van der Waals surface area contributed by atoms with Crippen LogP contribution < -0.4 is 0 Å². The zero-order valence-electron chi connectivity index (χ0n) is 24.3. The predicted molar refractivity (Wildman–Crippen MR) is 187 cm³/mol. The van der Waals surface area contributed by atoms with Crippen LogP contribution in [0.3, 0.4) is 0 Å². The summed E-state index contributed by atoms with van der Waals surface area (Å²) in [5, 5.41) is 11.4. The highest BCUT2D eigenvalue weighted by atomic mass is 15.2. The molecule has 0 atom stereocenters. The van der Waals surface area contributed by atoms with E-state index < -0.39 is 0 Å². The standard InChI is InChI=1S/C41H26N4/c1-6-16-37-27(11-1)21-22-29-26-36(42-45(29)37)28-23-30(43-38-17-7-2-12-32(38)33-13-3-8-18-39(33)43)25-31(24-28)44-40-19-9-4-14-34(40)35-15-5-10-20-41(35)44/h1-26H. The fraction of sp³-hybridized carbons (Fsp3) is 0. The Hall–Kier alpha value is -6.13. The van der Waals surface area contributed by atoms with Gasteiger partial charge in [-0.3, -0.25) is 0 Å². The van der Waals surface area contributed by atoms with Crippen molar-refractivity contribution in [3.63, 3.8) is 0 Å². The van der Waals surface area contributed by atoms with E-state index in [1.807, 2.05) is 0 Å². The fourth-order valence-corrected chi connectivity index (χ4v) is 7.25. The summed E-state index contributed by atoms with van der Waals surface area (Å²) in [5.74, 6) is 0. The minimum atomic E-state index is 0.941. The van der Waals surface area contributed by atoms with Crippen molar-refractivity contribution in [1.29, 1.82) is 0 Å². The maximum Gasteiger partial charge on any atom is 0.0935 e. The van der Waals surface area contributed by atoms with E-state index in [0.717, 1.165) is 33.7 Å². The highest BCUT2D eigenvalue weighted by Crippen LogP contribution is 2.37. The molecule has 0 saturated carbocycles. The second-order valence-corrected chi connectivity index (χ2v) is 11.7. The molecule has 0 N–H and O–H groups in total. The first-order valence-electron chi connectivity index (χ1n) is 15.3. The minimum absolute atomic E-state index is 0.941. The van der Waals surface area contributed by atoms with Crippen LogP contribution in [-0.2, 0) is 0 Å². The van der Waals surface area contributed by atoms with Crippen LogP contribution in [-0.4, -0.2) is 18.7 Å². The van der Waals surface area contributed by atoms with Gasteiger partial charge in [-0.2, -0.15) is 5.10 Å². The van der Waals surface area contributed by atoms with Crippen LogP contribution in [0.1, 0.15) is 0 Å². The third-order valence-corrected chi connectivity index (χ3v) is 9.21. The molecule has 0 spiro atoms. The average Bonchev–Trinajstić information content (AvgIpc) is 3.79. The Balaban J connectivity index is 1.32. The maximum absolute atomic E-state index is 5.20. The smallest absolute Gasteiger partial charge is 0.0935 e. The first-order chi connectivity index (χ1) is 22.3.